The molecule has 0 atom stereocenters. The normalized spacial score (nSPS) is 10.4. The maximum atomic E-state index is 5.88. The van der Waals surface area contributed by atoms with Gasteiger partial charge in [0.05, 0.1) is 0 Å². The van der Waals surface area contributed by atoms with Crippen LogP contribution in [0.1, 0.15) is 11.1 Å². The van der Waals surface area contributed by atoms with Crippen molar-refractivity contribution >= 4 is 23.0 Å². The molecule has 2 N–H and O–H groups in total. The van der Waals surface area contributed by atoms with Crippen LogP contribution in [-0.2, 0) is 6.54 Å². The number of hydrogen-bond acceptors (Lipinski definition) is 2. The van der Waals surface area contributed by atoms with Crippen molar-refractivity contribution in [1.82, 2.24) is 0 Å². The van der Waals surface area contributed by atoms with Gasteiger partial charge in [-0.05, 0) is 48.4 Å². The van der Waals surface area contributed by atoms with Crippen LogP contribution in [0.4, 0.5) is 11.4 Å². The second-order valence-corrected chi connectivity index (χ2v) is 4.96. The van der Waals surface area contributed by atoms with E-state index in [1.165, 1.54) is 16.8 Å². The van der Waals surface area contributed by atoms with Crippen LogP contribution in [0.15, 0.2) is 42.5 Å². The summed E-state index contributed by atoms with van der Waals surface area (Å²) in [5, 5.41) is 0.769. The third kappa shape index (κ3) is 2.96. The van der Waals surface area contributed by atoms with Crippen molar-refractivity contribution in [3.05, 3.63) is 58.6 Å². The molecule has 2 nitrogen and oxygen atoms in total. The zero-order chi connectivity index (χ0) is 13.1. The van der Waals surface area contributed by atoms with Gasteiger partial charge in [0.15, 0.2) is 0 Å². The minimum Gasteiger partial charge on any atom is -0.399 e. The van der Waals surface area contributed by atoms with Gasteiger partial charge in [0.1, 0.15) is 0 Å². The third-order valence-corrected chi connectivity index (χ3v) is 3.22. The summed E-state index contributed by atoms with van der Waals surface area (Å²) in [6.07, 6.45) is 0. The van der Waals surface area contributed by atoms with Gasteiger partial charge in [0.25, 0.3) is 0 Å². The fraction of sp³-hybridized carbons (Fsp3) is 0.200. The van der Waals surface area contributed by atoms with Gasteiger partial charge in [-0.2, -0.15) is 0 Å². The Labute approximate surface area is 113 Å². The minimum atomic E-state index is 0.769. The first-order valence-corrected chi connectivity index (χ1v) is 6.26. The van der Waals surface area contributed by atoms with E-state index in [1.807, 2.05) is 36.4 Å². The molecule has 0 amide bonds. The number of hydrogen-bond donors (Lipinski definition) is 1. The van der Waals surface area contributed by atoms with Gasteiger partial charge in [-0.3, -0.25) is 0 Å². The molecule has 0 aliphatic heterocycles. The van der Waals surface area contributed by atoms with Crippen molar-refractivity contribution < 1.29 is 0 Å². The van der Waals surface area contributed by atoms with E-state index in [1.54, 1.807) is 0 Å². The van der Waals surface area contributed by atoms with E-state index in [0.717, 1.165) is 17.3 Å². The third-order valence-electron chi connectivity index (χ3n) is 2.97. The minimum absolute atomic E-state index is 0.769. The molecule has 94 valence electrons. The van der Waals surface area contributed by atoms with E-state index >= 15 is 0 Å². The van der Waals surface area contributed by atoms with Crippen molar-refractivity contribution in [1.29, 1.82) is 0 Å². The fourth-order valence-corrected chi connectivity index (χ4v) is 2.18. The molecule has 0 fully saturated rings. The number of anilines is 2. The Morgan fingerprint density at radius 1 is 1.11 bits per heavy atom. The van der Waals surface area contributed by atoms with Gasteiger partial charge in [0.2, 0.25) is 0 Å². The predicted molar refractivity (Wildman–Crippen MR) is 79.2 cm³/mol. The fourth-order valence-electron chi connectivity index (χ4n) is 2.06. The Morgan fingerprint density at radius 2 is 1.78 bits per heavy atom. The van der Waals surface area contributed by atoms with E-state index < -0.39 is 0 Å². The second-order valence-electron chi connectivity index (χ2n) is 4.53. The number of rotatable bonds is 3. The van der Waals surface area contributed by atoms with Crippen LogP contribution in [0.3, 0.4) is 0 Å². The van der Waals surface area contributed by atoms with Crippen LogP contribution >= 0.6 is 11.6 Å². The average molecular weight is 261 g/mol. The average Bonchev–Trinajstić information content (AvgIpc) is 2.32. The number of halogens is 1. The standard InChI is InChI=1S/C15H17ClN2/c1-11-9-14(17)7-8-15(11)18(2)10-12-3-5-13(16)6-4-12/h3-9H,10,17H2,1-2H3. The SMILES string of the molecule is Cc1cc(N)ccc1N(C)Cc1ccc(Cl)cc1. The second kappa shape index (κ2) is 5.32. The summed E-state index contributed by atoms with van der Waals surface area (Å²) in [4.78, 5) is 2.21. The lowest BCUT2D eigenvalue weighted by molar-refractivity contribution is 0.918. The van der Waals surface area contributed by atoms with Crippen molar-refractivity contribution in [2.24, 2.45) is 0 Å². The van der Waals surface area contributed by atoms with Crippen LogP contribution in [0.2, 0.25) is 5.02 Å². The first-order valence-electron chi connectivity index (χ1n) is 5.88. The highest BCUT2D eigenvalue weighted by Crippen LogP contribution is 2.23. The quantitative estimate of drug-likeness (QED) is 0.849. The van der Waals surface area contributed by atoms with Crippen LogP contribution < -0.4 is 10.6 Å². The van der Waals surface area contributed by atoms with E-state index in [0.29, 0.717) is 0 Å². The number of nitrogen functional groups attached to an aromatic ring is 1. The molecule has 0 radical (unpaired) electrons. The largest absolute Gasteiger partial charge is 0.399 e. The molecule has 0 unspecified atom stereocenters. The van der Waals surface area contributed by atoms with Gasteiger partial charge >= 0.3 is 0 Å². The Kier molecular flexibility index (Phi) is 3.78. The first kappa shape index (κ1) is 12.8. The zero-order valence-electron chi connectivity index (χ0n) is 10.7. The van der Waals surface area contributed by atoms with Crippen LogP contribution in [0.25, 0.3) is 0 Å². The van der Waals surface area contributed by atoms with E-state index in [-0.39, 0.29) is 0 Å². The highest BCUT2D eigenvalue weighted by atomic mass is 35.5. The highest BCUT2D eigenvalue weighted by Gasteiger charge is 2.05. The first-order chi connectivity index (χ1) is 8.56. The summed E-state index contributed by atoms with van der Waals surface area (Å²) >= 11 is 5.88. The molecule has 0 saturated carbocycles. The molecule has 0 saturated heterocycles. The summed E-state index contributed by atoms with van der Waals surface area (Å²) in [7, 11) is 2.08. The topological polar surface area (TPSA) is 29.3 Å². The number of benzene rings is 2. The summed E-state index contributed by atoms with van der Waals surface area (Å²) < 4.78 is 0. The molecule has 2 rings (SSSR count). The molecular weight excluding hydrogens is 244 g/mol. The molecule has 0 aliphatic rings. The van der Waals surface area contributed by atoms with Gasteiger partial charge in [0, 0.05) is 30.0 Å². The Balaban J connectivity index is 2.16. The van der Waals surface area contributed by atoms with Gasteiger partial charge < -0.3 is 10.6 Å². The maximum absolute atomic E-state index is 5.88. The molecule has 0 spiro atoms. The lowest BCUT2D eigenvalue weighted by atomic mass is 10.1. The van der Waals surface area contributed by atoms with Crippen molar-refractivity contribution in [3.8, 4) is 0 Å². The molecule has 0 bridgehead atoms. The monoisotopic (exact) mass is 260 g/mol. The molecule has 0 heterocycles. The summed E-state index contributed by atoms with van der Waals surface area (Å²) in [5.74, 6) is 0. The van der Waals surface area contributed by atoms with Crippen molar-refractivity contribution in [3.63, 3.8) is 0 Å². The van der Waals surface area contributed by atoms with Crippen molar-refractivity contribution in [2.45, 2.75) is 13.5 Å². The number of nitrogens with zero attached hydrogens (tertiary/aromatic N) is 1. The predicted octanol–water partition coefficient (Wildman–Crippen LogP) is 3.87. The van der Waals surface area contributed by atoms with E-state index in [4.69, 9.17) is 17.3 Å². The molecule has 2 aromatic rings. The Morgan fingerprint density at radius 3 is 2.39 bits per heavy atom. The van der Waals surface area contributed by atoms with Gasteiger partial charge in [-0.25, -0.2) is 0 Å². The lowest BCUT2D eigenvalue weighted by Gasteiger charge is -2.21. The Bertz CT molecular complexity index is 535. The molecule has 18 heavy (non-hydrogen) atoms. The molecule has 0 aliphatic carbocycles. The molecular formula is C15H17ClN2. The van der Waals surface area contributed by atoms with E-state index in [2.05, 4.69) is 24.9 Å². The van der Waals surface area contributed by atoms with Crippen LogP contribution in [0, 0.1) is 6.92 Å². The molecule has 2 aromatic carbocycles. The summed E-state index contributed by atoms with van der Waals surface area (Å²) in [5.41, 5.74) is 10.2. The number of nitrogens with two attached hydrogens (primary N) is 1. The van der Waals surface area contributed by atoms with Gasteiger partial charge in [-0.15, -0.1) is 0 Å². The summed E-state index contributed by atoms with van der Waals surface area (Å²) in [6, 6.07) is 13.9. The highest BCUT2D eigenvalue weighted by molar-refractivity contribution is 6.30. The zero-order valence-corrected chi connectivity index (χ0v) is 11.4. The maximum Gasteiger partial charge on any atom is 0.0426 e. The molecule has 0 aromatic heterocycles. The smallest absolute Gasteiger partial charge is 0.0426 e. The van der Waals surface area contributed by atoms with E-state index in [9.17, 15) is 0 Å². The van der Waals surface area contributed by atoms with Gasteiger partial charge in [-0.1, -0.05) is 23.7 Å². The summed E-state index contributed by atoms with van der Waals surface area (Å²) in [6.45, 7) is 2.92. The van der Waals surface area contributed by atoms with Crippen LogP contribution in [0.5, 0.6) is 0 Å². The molecule has 3 heteroatoms. The lowest BCUT2D eigenvalue weighted by Crippen LogP contribution is -2.17. The Hall–Kier alpha value is -1.67. The number of aryl methyl sites for hydroxylation is 1. The van der Waals surface area contributed by atoms with Crippen LogP contribution in [-0.4, -0.2) is 7.05 Å². The van der Waals surface area contributed by atoms with Crippen molar-refractivity contribution in [2.75, 3.05) is 17.7 Å².